The summed E-state index contributed by atoms with van der Waals surface area (Å²) in [7, 11) is 1.68. The normalized spacial score (nSPS) is 11.4. The number of rotatable bonds is 1. The van der Waals surface area contributed by atoms with E-state index in [0.29, 0.717) is 0 Å². The zero-order valence-electron chi connectivity index (χ0n) is 10.5. The molecule has 16 heavy (non-hydrogen) atoms. The highest BCUT2D eigenvalue weighted by Crippen LogP contribution is 2.28. The molecule has 2 nitrogen and oxygen atoms in total. The molecule has 0 aliphatic heterocycles. The molecule has 0 unspecified atom stereocenters. The van der Waals surface area contributed by atoms with Crippen molar-refractivity contribution in [1.29, 1.82) is 0 Å². The van der Waals surface area contributed by atoms with Gasteiger partial charge in [-0.2, -0.15) is 0 Å². The molecule has 88 valence electrons. The Labute approximate surface area is 102 Å². The summed E-state index contributed by atoms with van der Waals surface area (Å²) in [5, 5.41) is -0.464. The molecular formula is C13H18ClNO. The van der Waals surface area contributed by atoms with Crippen LogP contribution in [0.15, 0.2) is 18.2 Å². The fraction of sp³-hybridized carbons (Fsp3) is 0.462. The lowest BCUT2D eigenvalue weighted by atomic mass is 9.86. The van der Waals surface area contributed by atoms with Crippen LogP contribution in [0.4, 0.5) is 10.5 Å². The predicted molar refractivity (Wildman–Crippen MR) is 69.5 cm³/mol. The maximum atomic E-state index is 11.1. The van der Waals surface area contributed by atoms with Crippen molar-refractivity contribution in [1.82, 2.24) is 0 Å². The fourth-order valence-electron chi connectivity index (χ4n) is 1.53. The topological polar surface area (TPSA) is 20.3 Å². The van der Waals surface area contributed by atoms with Crippen LogP contribution in [0.2, 0.25) is 0 Å². The minimum Gasteiger partial charge on any atom is -0.302 e. The van der Waals surface area contributed by atoms with Gasteiger partial charge in [-0.25, -0.2) is 0 Å². The van der Waals surface area contributed by atoms with Crippen LogP contribution < -0.4 is 4.90 Å². The fourth-order valence-corrected chi connectivity index (χ4v) is 1.62. The summed E-state index contributed by atoms with van der Waals surface area (Å²) in [5.41, 5.74) is 3.17. The Bertz CT molecular complexity index is 407. The van der Waals surface area contributed by atoms with Gasteiger partial charge in [-0.1, -0.05) is 32.9 Å². The largest absolute Gasteiger partial charge is 0.320 e. The molecule has 0 fully saturated rings. The van der Waals surface area contributed by atoms with Crippen molar-refractivity contribution in [2.45, 2.75) is 33.1 Å². The monoisotopic (exact) mass is 239 g/mol. The first-order chi connectivity index (χ1) is 7.23. The quantitative estimate of drug-likeness (QED) is 0.534. The summed E-state index contributed by atoms with van der Waals surface area (Å²) in [4.78, 5) is 12.6. The van der Waals surface area contributed by atoms with E-state index in [1.54, 1.807) is 7.05 Å². The number of hydrogen-bond donors (Lipinski definition) is 0. The third kappa shape index (κ3) is 2.76. The standard InChI is InChI=1S/C13H18ClNO/c1-9-6-7-10(13(2,3)4)8-11(9)15(5)12(14)16/h6-8H,1-5H3. The van der Waals surface area contributed by atoms with Crippen LogP contribution in [0, 0.1) is 6.92 Å². The van der Waals surface area contributed by atoms with Crippen LogP contribution in [-0.4, -0.2) is 12.4 Å². The molecule has 0 aromatic heterocycles. The van der Waals surface area contributed by atoms with Crippen LogP contribution in [-0.2, 0) is 5.41 Å². The van der Waals surface area contributed by atoms with E-state index in [0.717, 1.165) is 11.3 Å². The van der Waals surface area contributed by atoms with Gasteiger partial charge in [0, 0.05) is 12.7 Å². The van der Waals surface area contributed by atoms with Gasteiger partial charge in [0.05, 0.1) is 0 Å². The number of aryl methyl sites for hydroxylation is 1. The van der Waals surface area contributed by atoms with Crippen LogP contribution in [0.3, 0.4) is 0 Å². The van der Waals surface area contributed by atoms with Crippen LogP contribution in [0.25, 0.3) is 0 Å². The first-order valence-electron chi connectivity index (χ1n) is 5.28. The van der Waals surface area contributed by atoms with E-state index >= 15 is 0 Å². The molecule has 0 heterocycles. The molecule has 3 heteroatoms. The summed E-state index contributed by atoms with van der Waals surface area (Å²) in [6, 6.07) is 6.13. The van der Waals surface area contributed by atoms with Gasteiger partial charge in [0.1, 0.15) is 0 Å². The van der Waals surface area contributed by atoms with Gasteiger partial charge < -0.3 is 4.90 Å². The molecule has 0 atom stereocenters. The van der Waals surface area contributed by atoms with E-state index in [9.17, 15) is 4.79 Å². The van der Waals surface area contributed by atoms with Gasteiger partial charge >= 0.3 is 5.37 Å². The van der Waals surface area contributed by atoms with E-state index in [4.69, 9.17) is 11.6 Å². The van der Waals surface area contributed by atoms with Crippen LogP contribution in [0.1, 0.15) is 31.9 Å². The number of nitrogens with zero attached hydrogens (tertiary/aromatic N) is 1. The molecule has 1 amide bonds. The highest BCUT2D eigenvalue weighted by Gasteiger charge is 2.17. The maximum absolute atomic E-state index is 11.1. The summed E-state index contributed by atoms with van der Waals surface area (Å²) in [6.07, 6.45) is 0. The summed E-state index contributed by atoms with van der Waals surface area (Å²) in [5.74, 6) is 0. The van der Waals surface area contributed by atoms with Crippen LogP contribution >= 0.6 is 11.6 Å². The minimum absolute atomic E-state index is 0.0681. The number of halogens is 1. The number of amides is 1. The average molecular weight is 240 g/mol. The number of benzene rings is 1. The van der Waals surface area contributed by atoms with Gasteiger partial charge in [-0.15, -0.1) is 0 Å². The van der Waals surface area contributed by atoms with Gasteiger partial charge in [-0.3, -0.25) is 4.79 Å². The second kappa shape index (κ2) is 4.46. The van der Waals surface area contributed by atoms with Crippen molar-refractivity contribution in [3.8, 4) is 0 Å². The van der Waals surface area contributed by atoms with Crippen molar-refractivity contribution in [2.75, 3.05) is 11.9 Å². The molecule has 0 N–H and O–H groups in total. The summed E-state index contributed by atoms with van der Waals surface area (Å²) in [6.45, 7) is 8.40. The molecule has 0 bridgehead atoms. The number of hydrogen-bond acceptors (Lipinski definition) is 1. The molecule has 0 spiro atoms. The lowest BCUT2D eigenvalue weighted by Gasteiger charge is -2.23. The number of carbonyl (C=O) groups excluding carboxylic acids is 1. The molecule has 0 aliphatic rings. The molecule has 1 aromatic carbocycles. The SMILES string of the molecule is Cc1ccc(C(C)(C)C)cc1N(C)C(=O)Cl. The van der Waals surface area contributed by atoms with E-state index in [1.807, 2.05) is 19.1 Å². The summed E-state index contributed by atoms with van der Waals surface area (Å²) < 4.78 is 0. The van der Waals surface area contributed by atoms with Gasteiger partial charge in [-0.05, 0) is 41.1 Å². The Balaban J connectivity index is 3.24. The smallest absolute Gasteiger partial charge is 0.302 e. The molecule has 0 radical (unpaired) electrons. The van der Waals surface area contributed by atoms with E-state index in [1.165, 1.54) is 10.5 Å². The third-order valence-corrected chi connectivity index (χ3v) is 2.95. The Kier molecular flexibility index (Phi) is 3.64. The Morgan fingerprint density at radius 3 is 2.31 bits per heavy atom. The van der Waals surface area contributed by atoms with Crippen molar-refractivity contribution in [3.05, 3.63) is 29.3 Å². The predicted octanol–water partition coefficient (Wildman–Crippen LogP) is 4.09. The first kappa shape index (κ1) is 13.0. The van der Waals surface area contributed by atoms with Crippen molar-refractivity contribution < 1.29 is 4.79 Å². The zero-order valence-corrected chi connectivity index (χ0v) is 11.2. The van der Waals surface area contributed by atoms with E-state index < -0.39 is 5.37 Å². The molecule has 1 aromatic rings. The second-order valence-corrected chi connectivity index (χ2v) is 5.39. The minimum atomic E-state index is -0.464. The Hall–Kier alpha value is -1.02. The van der Waals surface area contributed by atoms with E-state index in [2.05, 4.69) is 26.8 Å². The van der Waals surface area contributed by atoms with Gasteiger partial charge in [0.2, 0.25) is 0 Å². The molecule has 0 saturated heterocycles. The lowest BCUT2D eigenvalue weighted by molar-refractivity contribution is 0.265. The second-order valence-electron chi connectivity index (χ2n) is 5.06. The summed E-state index contributed by atoms with van der Waals surface area (Å²) >= 11 is 5.49. The molecular weight excluding hydrogens is 222 g/mol. The maximum Gasteiger partial charge on any atom is 0.320 e. The number of carbonyl (C=O) groups is 1. The van der Waals surface area contributed by atoms with Crippen LogP contribution in [0.5, 0.6) is 0 Å². The van der Waals surface area contributed by atoms with Gasteiger partial charge in [0.25, 0.3) is 0 Å². The Morgan fingerprint density at radius 1 is 1.31 bits per heavy atom. The molecule has 1 rings (SSSR count). The highest BCUT2D eigenvalue weighted by atomic mass is 35.5. The lowest BCUT2D eigenvalue weighted by Crippen LogP contribution is -2.21. The highest BCUT2D eigenvalue weighted by molar-refractivity contribution is 6.66. The molecule has 0 saturated carbocycles. The average Bonchev–Trinajstić information content (AvgIpc) is 2.15. The van der Waals surface area contributed by atoms with Crippen molar-refractivity contribution >= 4 is 22.7 Å². The number of anilines is 1. The van der Waals surface area contributed by atoms with Gasteiger partial charge in [0.15, 0.2) is 0 Å². The van der Waals surface area contributed by atoms with Crippen molar-refractivity contribution in [2.24, 2.45) is 0 Å². The third-order valence-electron chi connectivity index (χ3n) is 2.70. The first-order valence-corrected chi connectivity index (χ1v) is 5.65. The molecule has 0 aliphatic carbocycles. The zero-order chi connectivity index (χ0) is 12.5. The van der Waals surface area contributed by atoms with E-state index in [-0.39, 0.29) is 5.41 Å². The Morgan fingerprint density at radius 2 is 1.88 bits per heavy atom. The van der Waals surface area contributed by atoms with Crippen molar-refractivity contribution in [3.63, 3.8) is 0 Å².